The number of anilines is 1. The van der Waals surface area contributed by atoms with Crippen molar-refractivity contribution >= 4 is 23.4 Å². The van der Waals surface area contributed by atoms with E-state index in [1.165, 1.54) is 0 Å². The van der Waals surface area contributed by atoms with Gasteiger partial charge in [0.2, 0.25) is 5.91 Å². The Morgan fingerprint density at radius 2 is 2.06 bits per heavy atom. The molecule has 1 amide bonds. The number of carbonyl (C=O) groups is 1. The maximum Gasteiger partial charge on any atom is 0.236 e. The number of amides is 1. The summed E-state index contributed by atoms with van der Waals surface area (Å²) in [5, 5.41) is 0.327. The van der Waals surface area contributed by atoms with Crippen LogP contribution in [0.5, 0.6) is 0 Å². The highest BCUT2D eigenvalue weighted by molar-refractivity contribution is 8.00. The van der Waals surface area contributed by atoms with Crippen molar-refractivity contribution in [1.29, 1.82) is 0 Å². The predicted octanol–water partition coefficient (Wildman–Crippen LogP) is 2.12. The van der Waals surface area contributed by atoms with Gasteiger partial charge in [-0.1, -0.05) is 25.1 Å². The Balaban J connectivity index is 2.59. The van der Waals surface area contributed by atoms with Crippen molar-refractivity contribution in [3.8, 4) is 0 Å². The third kappa shape index (κ3) is 4.40. The molecule has 0 bridgehead atoms. The Morgan fingerprint density at radius 3 is 2.59 bits per heavy atom. The molecule has 0 saturated heterocycles. The van der Waals surface area contributed by atoms with Gasteiger partial charge < -0.3 is 10.6 Å². The van der Waals surface area contributed by atoms with Gasteiger partial charge in [0.25, 0.3) is 0 Å². The number of hydrogen-bond donors (Lipinski definition) is 1. The number of carbonyl (C=O) groups excluding carboxylic acids is 1. The zero-order chi connectivity index (χ0) is 12.7. The van der Waals surface area contributed by atoms with Gasteiger partial charge in [0.1, 0.15) is 0 Å². The van der Waals surface area contributed by atoms with Gasteiger partial charge in [0.15, 0.2) is 0 Å². The largest absolute Gasteiger partial charge is 0.329 e. The van der Waals surface area contributed by atoms with Crippen LogP contribution in [0.3, 0.4) is 0 Å². The lowest BCUT2D eigenvalue weighted by molar-refractivity contribution is -0.116. The molecule has 2 N–H and O–H groups in total. The van der Waals surface area contributed by atoms with E-state index in [9.17, 15) is 4.79 Å². The van der Waals surface area contributed by atoms with Gasteiger partial charge in [-0.15, -0.1) is 11.8 Å². The van der Waals surface area contributed by atoms with E-state index in [2.05, 4.69) is 0 Å². The van der Waals surface area contributed by atoms with Gasteiger partial charge in [-0.25, -0.2) is 0 Å². The van der Waals surface area contributed by atoms with Gasteiger partial charge in [-0.3, -0.25) is 4.79 Å². The summed E-state index contributed by atoms with van der Waals surface area (Å²) in [5.41, 5.74) is 6.49. The Morgan fingerprint density at radius 1 is 1.41 bits per heavy atom. The van der Waals surface area contributed by atoms with E-state index in [0.717, 1.165) is 5.69 Å². The van der Waals surface area contributed by atoms with Crippen LogP contribution in [0.15, 0.2) is 30.3 Å². The fraction of sp³-hybridized carbons (Fsp3) is 0.462. The molecular weight excluding hydrogens is 232 g/mol. The fourth-order valence-corrected chi connectivity index (χ4v) is 2.19. The first-order valence-corrected chi connectivity index (χ1v) is 6.91. The topological polar surface area (TPSA) is 46.3 Å². The Bertz CT molecular complexity index is 343. The molecule has 1 atom stereocenters. The lowest BCUT2D eigenvalue weighted by Crippen LogP contribution is -2.32. The maximum atomic E-state index is 12.1. The van der Waals surface area contributed by atoms with Crippen molar-refractivity contribution in [3.05, 3.63) is 30.3 Å². The van der Waals surface area contributed by atoms with Crippen molar-refractivity contribution in [2.24, 2.45) is 5.73 Å². The summed E-state index contributed by atoms with van der Waals surface area (Å²) in [6.07, 6.45) is 0. The highest BCUT2D eigenvalue weighted by Crippen LogP contribution is 2.16. The molecule has 0 aliphatic rings. The molecule has 0 fully saturated rings. The van der Waals surface area contributed by atoms with Crippen molar-refractivity contribution in [1.82, 2.24) is 0 Å². The molecule has 3 nitrogen and oxygen atoms in total. The van der Waals surface area contributed by atoms with Crippen molar-refractivity contribution in [2.45, 2.75) is 19.1 Å². The Kier molecular flexibility index (Phi) is 6.08. The van der Waals surface area contributed by atoms with E-state index in [0.29, 0.717) is 24.1 Å². The minimum atomic E-state index is 0.143. The second-order valence-electron chi connectivity index (χ2n) is 3.83. The first-order chi connectivity index (χ1) is 8.19. The number of nitrogens with zero attached hydrogens (tertiary/aromatic N) is 1. The average Bonchev–Trinajstić information content (AvgIpc) is 2.38. The molecule has 0 aliphatic carbocycles. The SMILES string of the molecule is CCN(C(=O)CSC(C)CN)c1ccccc1. The third-order valence-corrected chi connectivity index (χ3v) is 3.68. The summed E-state index contributed by atoms with van der Waals surface area (Å²) >= 11 is 1.61. The van der Waals surface area contributed by atoms with E-state index in [4.69, 9.17) is 5.73 Å². The molecule has 0 radical (unpaired) electrons. The zero-order valence-corrected chi connectivity index (χ0v) is 11.2. The second kappa shape index (κ2) is 7.35. The van der Waals surface area contributed by atoms with E-state index < -0.39 is 0 Å². The summed E-state index contributed by atoms with van der Waals surface area (Å²) in [4.78, 5) is 13.9. The van der Waals surface area contributed by atoms with Gasteiger partial charge in [-0.05, 0) is 19.1 Å². The summed E-state index contributed by atoms with van der Waals surface area (Å²) in [5.74, 6) is 0.630. The molecule has 1 unspecified atom stereocenters. The van der Waals surface area contributed by atoms with Crippen LogP contribution in [0.2, 0.25) is 0 Å². The number of para-hydroxylation sites is 1. The van der Waals surface area contributed by atoms with Crippen LogP contribution in [-0.4, -0.2) is 30.0 Å². The highest BCUT2D eigenvalue weighted by atomic mass is 32.2. The number of rotatable bonds is 6. The first-order valence-electron chi connectivity index (χ1n) is 5.86. The van der Waals surface area contributed by atoms with E-state index in [-0.39, 0.29) is 5.91 Å². The van der Waals surface area contributed by atoms with Crippen LogP contribution >= 0.6 is 11.8 Å². The minimum absolute atomic E-state index is 0.143. The van der Waals surface area contributed by atoms with Crippen LogP contribution < -0.4 is 10.6 Å². The quantitative estimate of drug-likeness (QED) is 0.843. The van der Waals surface area contributed by atoms with Crippen molar-refractivity contribution in [3.63, 3.8) is 0 Å². The van der Waals surface area contributed by atoms with Gasteiger partial charge in [-0.2, -0.15) is 0 Å². The van der Waals surface area contributed by atoms with Gasteiger partial charge in [0, 0.05) is 24.0 Å². The molecule has 1 rings (SSSR count). The van der Waals surface area contributed by atoms with E-state index in [1.807, 2.05) is 44.2 Å². The molecular formula is C13H20N2OS. The molecule has 0 aliphatic heterocycles. The third-order valence-electron chi connectivity index (χ3n) is 2.51. The number of thioether (sulfide) groups is 1. The van der Waals surface area contributed by atoms with Crippen LogP contribution in [0.25, 0.3) is 0 Å². The smallest absolute Gasteiger partial charge is 0.236 e. The molecule has 94 valence electrons. The summed E-state index contributed by atoms with van der Waals surface area (Å²) in [6, 6.07) is 9.76. The van der Waals surface area contributed by atoms with Crippen molar-refractivity contribution in [2.75, 3.05) is 23.7 Å². The minimum Gasteiger partial charge on any atom is -0.329 e. The number of hydrogen-bond acceptors (Lipinski definition) is 3. The standard InChI is InChI=1S/C13H20N2OS/c1-3-15(12-7-5-4-6-8-12)13(16)10-17-11(2)9-14/h4-8,11H,3,9-10,14H2,1-2H3. The van der Waals surface area contributed by atoms with Crippen LogP contribution in [-0.2, 0) is 4.79 Å². The molecule has 17 heavy (non-hydrogen) atoms. The second-order valence-corrected chi connectivity index (χ2v) is 5.26. The summed E-state index contributed by atoms with van der Waals surface area (Å²) in [6.45, 7) is 5.33. The van der Waals surface area contributed by atoms with Crippen LogP contribution in [0, 0.1) is 0 Å². The normalized spacial score (nSPS) is 12.2. The van der Waals surface area contributed by atoms with E-state index in [1.54, 1.807) is 16.7 Å². The van der Waals surface area contributed by atoms with E-state index >= 15 is 0 Å². The lowest BCUT2D eigenvalue weighted by Gasteiger charge is -2.21. The predicted molar refractivity (Wildman–Crippen MR) is 75.4 cm³/mol. The first kappa shape index (κ1) is 14.1. The van der Waals surface area contributed by atoms with Crippen molar-refractivity contribution < 1.29 is 4.79 Å². The van der Waals surface area contributed by atoms with Gasteiger partial charge >= 0.3 is 0 Å². The lowest BCUT2D eigenvalue weighted by atomic mass is 10.3. The Labute approximate surface area is 107 Å². The summed E-state index contributed by atoms with van der Waals surface area (Å²) < 4.78 is 0. The fourth-order valence-electron chi connectivity index (χ4n) is 1.47. The molecule has 1 aromatic carbocycles. The molecule has 0 aromatic heterocycles. The molecule has 1 aromatic rings. The summed E-state index contributed by atoms with van der Waals surface area (Å²) in [7, 11) is 0. The molecule has 0 heterocycles. The van der Waals surface area contributed by atoms with Crippen LogP contribution in [0.4, 0.5) is 5.69 Å². The maximum absolute atomic E-state index is 12.1. The Hall–Kier alpha value is -1.00. The molecule has 0 spiro atoms. The molecule has 4 heteroatoms. The average molecular weight is 252 g/mol. The number of nitrogens with two attached hydrogens (primary N) is 1. The number of benzene rings is 1. The van der Waals surface area contributed by atoms with Gasteiger partial charge in [0.05, 0.1) is 5.75 Å². The molecule has 0 saturated carbocycles. The van der Waals surface area contributed by atoms with Crippen LogP contribution in [0.1, 0.15) is 13.8 Å². The highest BCUT2D eigenvalue weighted by Gasteiger charge is 2.14. The zero-order valence-electron chi connectivity index (χ0n) is 10.4. The monoisotopic (exact) mass is 252 g/mol.